The van der Waals surface area contributed by atoms with Gasteiger partial charge in [-0.2, -0.15) is 0 Å². The normalized spacial score (nSPS) is 11.3. The van der Waals surface area contributed by atoms with Crippen LogP contribution in [0.2, 0.25) is 0 Å². The number of aromatic nitrogens is 3. The molecule has 0 bridgehead atoms. The predicted octanol–water partition coefficient (Wildman–Crippen LogP) is 4.17. The summed E-state index contributed by atoms with van der Waals surface area (Å²) in [4.78, 5) is 33.3. The van der Waals surface area contributed by atoms with E-state index < -0.39 is 0 Å². The van der Waals surface area contributed by atoms with Crippen molar-refractivity contribution in [3.8, 4) is 0 Å². The van der Waals surface area contributed by atoms with E-state index in [1.54, 1.807) is 6.20 Å². The molecular formula is C25H31N5O2. The van der Waals surface area contributed by atoms with Crippen LogP contribution in [0, 0.1) is 0 Å². The molecule has 0 atom stereocenters. The van der Waals surface area contributed by atoms with Gasteiger partial charge in [0.1, 0.15) is 12.1 Å². The minimum absolute atomic E-state index is 0.180. The third-order valence-corrected chi connectivity index (χ3v) is 5.23. The SMILES string of the molecule is CC(C)c1ccc2ncn(/C=C/C(=O)NCCCCCCNc3ccccn3)c(=O)c2c1. The molecule has 168 valence electrons. The molecule has 0 radical (unpaired) electrons. The Kier molecular flexibility index (Phi) is 8.54. The molecule has 0 unspecified atom stereocenters. The number of unbranched alkanes of at least 4 members (excludes halogenated alkanes) is 3. The average Bonchev–Trinajstić information content (AvgIpc) is 2.81. The highest BCUT2D eigenvalue weighted by Crippen LogP contribution is 2.17. The van der Waals surface area contributed by atoms with Gasteiger partial charge in [-0.05, 0) is 48.6 Å². The highest BCUT2D eigenvalue weighted by molar-refractivity contribution is 5.90. The van der Waals surface area contributed by atoms with Crippen molar-refractivity contribution in [2.75, 3.05) is 18.4 Å². The first kappa shape index (κ1) is 23.2. The Morgan fingerprint density at radius 3 is 2.62 bits per heavy atom. The van der Waals surface area contributed by atoms with Crippen LogP contribution in [0.15, 0.2) is 59.8 Å². The van der Waals surface area contributed by atoms with Crippen molar-refractivity contribution in [2.45, 2.75) is 45.4 Å². The smallest absolute Gasteiger partial charge is 0.265 e. The number of amides is 1. The maximum atomic E-state index is 12.7. The fourth-order valence-electron chi connectivity index (χ4n) is 3.32. The van der Waals surface area contributed by atoms with Gasteiger partial charge in [0, 0.05) is 31.6 Å². The van der Waals surface area contributed by atoms with Crippen molar-refractivity contribution < 1.29 is 4.79 Å². The van der Waals surface area contributed by atoms with E-state index in [-0.39, 0.29) is 11.5 Å². The van der Waals surface area contributed by atoms with Crippen LogP contribution in [-0.4, -0.2) is 33.5 Å². The number of pyridine rings is 1. The number of rotatable bonds is 11. The van der Waals surface area contributed by atoms with Crippen molar-refractivity contribution >= 4 is 28.8 Å². The van der Waals surface area contributed by atoms with E-state index in [2.05, 4.69) is 34.4 Å². The van der Waals surface area contributed by atoms with Crippen LogP contribution < -0.4 is 16.2 Å². The Morgan fingerprint density at radius 2 is 1.88 bits per heavy atom. The number of nitrogens with one attached hydrogen (secondary N) is 2. The molecule has 7 nitrogen and oxygen atoms in total. The van der Waals surface area contributed by atoms with E-state index in [1.165, 1.54) is 23.2 Å². The molecule has 2 N–H and O–H groups in total. The van der Waals surface area contributed by atoms with Gasteiger partial charge in [0.25, 0.3) is 5.56 Å². The molecule has 0 aliphatic rings. The van der Waals surface area contributed by atoms with Crippen molar-refractivity contribution in [3.05, 3.63) is 70.9 Å². The zero-order valence-electron chi connectivity index (χ0n) is 18.8. The topological polar surface area (TPSA) is 88.9 Å². The lowest BCUT2D eigenvalue weighted by Gasteiger charge is -2.07. The molecule has 32 heavy (non-hydrogen) atoms. The summed E-state index contributed by atoms with van der Waals surface area (Å²) in [5.74, 6) is 1.00. The van der Waals surface area contributed by atoms with Crippen molar-refractivity contribution in [1.29, 1.82) is 0 Å². The van der Waals surface area contributed by atoms with Crippen molar-refractivity contribution in [1.82, 2.24) is 19.9 Å². The first-order valence-corrected chi connectivity index (χ1v) is 11.2. The second-order valence-corrected chi connectivity index (χ2v) is 8.05. The van der Waals surface area contributed by atoms with Gasteiger partial charge in [-0.3, -0.25) is 14.2 Å². The summed E-state index contributed by atoms with van der Waals surface area (Å²) in [6.45, 7) is 5.66. The van der Waals surface area contributed by atoms with Gasteiger partial charge in [0.2, 0.25) is 5.91 Å². The minimum Gasteiger partial charge on any atom is -0.370 e. The van der Waals surface area contributed by atoms with Crippen LogP contribution in [0.5, 0.6) is 0 Å². The number of nitrogens with zero attached hydrogens (tertiary/aromatic N) is 3. The Hall–Kier alpha value is -3.48. The largest absolute Gasteiger partial charge is 0.370 e. The van der Waals surface area contributed by atoms with Gasteiger partial charge in [0.15, 0.2) is 0 Å². The molecule has 0 fully saturated rings. The molecule has 0 aliphatic heterocycles. The van der Waals surface area contributed by atoms with Crippen LogP contribution in [-0.2, 0) is 4.79 Å². The molecule has 1 amide bonds. The maximum absolute atomic E-state index is 12.7. The van der Waals surface area contributed by atoms with E-state index >= 15 is 0 Å². The summed E-state index contributed by atoms with van der Waals surface area (Å²) in [7, 11) is 0. The number of anilines is 1. The van der Waals surface area contributed by atoms with Gasteiger partial charge in [-0.1, -0.05) is 38.8 Å². The molecule has 0 spiro atoms. The first-order valence-electron chi connectivity index (χ1n) is 11.2. The summed E-state index contributed by atoms with van der Waals surface area (Å²) >= 11 is 0. The average molecular weight is 434 g/mol. The summed E-state index contributed by atoms with van der Waals surface area (Å²) in [5, 5.41) is 6.71. The highest BCUT2D eigenvalue weighted by Gasteiger charge is 2.06. The molecule has 2 aromatic heterocycles. The Bertz CT molecular complexity index is 1110. The fourth-order valence-corrected chi connectivity index (χ4v) is 3.32. The number of carbonyl (C=O) groups excluding carboxylic acids is 1. The molecule has 0 saturated heterocycles. The first-order chi connectivity index (χ1) is 15.5. The molecule has 0 saturated carbocycles. The monoisotopic (exact) mass is 433 g/mol. The molecule has 0 aliphatic carbocycles. The second kappa shape index (κ2) is 11.8. The number of hydrogen-bond donors (Lipinski definition) is 2. The Morgan fingerprint density at radius 1 is 1.06 bits per heavy atom. The number of carbonyl (C=O) groups is 1. The number of fused-ring (bicyclic) bond motifs is 1. The number of hydrogen-bond acceptors (Lipinski definition) is 5. The molecule has 2 heterocycles. The zero-order valence-corrected chi connectivity index (χ0v) is 18.8. The molecule has 3 rings (SSSR count). The molecule has 7 heteroatoms. The van der Waals surface area contributed by atoms with Crippen molar-refractivity contribution in [2.24, 2.45) is 0 Å². The maximum Gasteiger partial charge on any atom is 0.265 e. The van der Waals surface area contributed by atoms with E-state index in [4.69, 9.17) is 0 Å². The lowest BCUT2D eigenvalue weighted by atomic mass is 10.0. The Balaban J connectivity index is 1.39. The second-order valence-electron chi connectivity index (χ2n) is 8.05. The highest BCUT2D eigenvalue weighted by atomic mass is 16.1. The van der Waals surface area contributed by atoms with Crippen LogP contribution >= 0.6 is 0 Å². The third kappa shape index (κ3) is 6.77. The van der Waals surface area contributed by atoms with E-state index in [0.29, 0.717) is 23.4 Å². The summed E-state index contributed by atoms with van der Waals surface area (Å²) in [6.07, 6.45) is 10.2. The van der Waals surface area contributed by atoms with Crippen LogP contribution in [0.25, 0.3) is 17.1 Å². The number of benzene rings is 1. The minimum atomic E-state index is -0.218. The summed E-state index contributed by atoms with van der Waals surface area (Å²) < 4.78 is 1.35. The van der Waals surface area contributed by atoms with E-state index in [9.17, 15) is 9.59 Å². The van der Waals surface area contributed by atoms with Crippen molar-refractivity contribution in [3.63, 3.8) is 0 Å². The van der Waals surface area contributed by atoms with E-state index in [0.717, 1.165) is 43.6 Å². The van der Waals surface area contributed by atoms with E-state index in [1.807, 2.05) is 36.4 Å². The summed E-state index contributed by atoms with van der Waals surface area (Å²) in [5.41, 5.74) is 1.56. The quantitative estimate of drug-likeness (QED) is 0.350. The lowest BCUT2D eigenvalue weighted by molar-refractivity contribution is -0.116. The van der Waals surface area contributed by atoms with Gasteiger partial charge in [-0.15, -0.1) is 0 Å². The zero-order chi connectivity index (χ0) is 22.8. The molecule has 3 aromatic rings. The van der Waals surface area contributed by atoms with Gasteiger partial charge in [0.05, 0.1) is 10.9 Å². The Labute approximate surface area is 188 Å². The van der Waals surface area contributed by atoms with Crippen LogP contribution in [0.4, 0.5) is 5.82 Å². The lowest BCUT2D eigenvalue weighted by Crippen LogP contribution is -2.23. The van der Waals surface area contributed by atoms with Gasteiger partial charge >= 0.3 is 0 Å². The van der Waals surface area contributed by atoms with Crippen LogP contribution in [0.1, 0.15) is 51.0 Å². The fraction of sp³-hybridized carbons (Fsp3) is 0.360. The van der Waals surface area contributed by atoms with Gasteiger partial charge < -0.3 is 10.6 Å². The summed E-state index contributed by atoms with van der Waals surface area (Å²) in [6, 6.07) is 11.5. The predicted molar refractivity (Wildman–Crippen MR) is 130 cm³/mol. The van der Waals surface area contributed by atoms with Gasteiger partial charge in [-0.25, -0.2) is 9.97 Å². The van der Waals surface area contributed by atoms with Crippen LogP contribution in [0.3, 0.4) is 0 Å². The standard InChI is InChI=1S/C25H31N5O2/c1-19(2)20-10-11-22-21(17-20)25(32)30(18-29-22)16-12-24(31)28-15-7-4-3-6-13-26-23-9-5-8-14-27-23/h5,8-12,14,16-19H,3-4,6-7,13,15H2,1-2H3,(H,26,27)(H,28,31)/b16-12+. The third-order valence-electron chi connectivity index (χ3n) is 5.23. The molecule has 1 aromatic carbocycles. The molecular weight excluding hydrogens is 402 g/mol.